The summed E-state index contributed by atoms with van der Waals surface area (Å²) < 4.78 is 14.1. The number of aliphatic carboxylic acids is 1. The van der Waals surface area contributed by atoms with Crippen molar-refractivity contribution in [1.29, 1.82) is 0 Å². The zero-order chi connectivity index (χ0) is 34.7. The number of rotatable bonds is 15. The van der Waals surface area contributed by atoms with Gasteiger partial charge in [-0.1, -0.05) is 67.7 Å². The van der Waals surface area contributed by atoms with Crippen LogP contribution in [0.1, 0.15) is 69.3 Å². The van der Waals surface area contributed by atoms with Crippen LogP contribution in [-0.2, 0) is 30.3 Å². The summed E-state index contributed by atoms with van der Waals surface area (Å²) in [6, 6.07) is 9.25. The molecule has 1 atom stereocenters. The molecule has 0 saturated heterocycles. The van der Waals surface area contributed by atoms with Crippen LogP contribution >= 0.6 is 34.8 Å². The average molecular weight is 703 g/mol. The van der Waals surface area contributed by atoms with Crippen LogP contribution in [0.3, 0.4) is 0 Å². The molecule has 2 aromatic rings. The van der Waals surface area contributed by atoms with Gasteiger partial charge in [0.05, 0.1) is 12.2 Å². The monoisotopic (exact) mass is 701 g/mol. The molecule has 252 valence electrons. The molecule has 0 spiro atoms. The average Bonchev–Trinajstić information content (AvgIpc) is 2.96. The summed E-state index contributed by atoms with van der Waals surface area (Å²) in [6.07, 6.45) is -0.0990. The van der Waals surface area contributed by atoms with Gasteiger partial charge in [0.2, 0.25) is 3.79 Å². The lowest BCUT2D eigenvalue weighted by Crippen LogP contribution is -2.51. The minimum Gasteiger partial charge on any atom is -0.481 e. The van der Waals surface area contributed by atoms with E-state index in [0.717, 1.165) is 0 Å². The van der Waals surface area contributed by atoms with Gasteiger partial charge >= 0.3 is 24.0 Å². The number of halogens is 3. The van der Waals surface area contributed by atoms with Crippen LogP contribution in [0.25, 0.3) is 0 Å². The SMILES string of the molecule is CC(=O)c1cc(CC(N)(CCC(=O)O)C(=O)OCC(C)(C)C)ccc1OC(=O)CCCN(C(=O)OCC(Cl)(Cl)Cl)c1ccccn1. The molecule has 0 fully saturated rings. The van der Waals surface area contributed by atoms with Crippen molar-refractivity contribution in [2.24, 2.45) is 11.1 Å². The Balaban J connectivity index is 2.15. The Kier molecular flexibility index (Phi) is 14.2. The standard InChI is InChI=1S/C31H38Cl3N3O9/c1-20(38)22-16-21(17-30(35,13-12-25(39)40)27(42)44-18-29(2,3)4)10-11-23(22)46-26(41)9-7-15-37(24-8-5-6-14-36-24)28(43)45-19-31(32,33)34/h5-6,8,10-11,14,16H,7,9,12-13,15,17-19,35H2,1-4H3,(H,39,40). The summed E-state index contributed by atoms with van der Waals surface area (Å²) >= 11 is 17.0. The van der Waals surface area contributed by atoms with Crippen molar-refractivity contribution in [3.63, 3.8) is 0 Å². The van der Waals surface area contributed by atoms with Gasteiger partial charge in [-0.25, -0.2) is 9.78 Å². The van der Waals surface area contributed by atoms with Gasteiger partial charge < -0.3 is 25.1 Å². The molecular weight excluding hydrogens is 665 g/mol. The number of hydrogen-bond acceptors (Lipinski definition) is 10. The Labute approximate surface area is 282 Å². The molecule has 15 heteroatoms. The highest BCUT2D eigenvalue weighted by Crippen LogP contribution is 2.28. The summed E-state index contributed by atoms with van der Waals surface area (Å²) in [5.41, 5.74) is 4.87. The third-order valence-corrected chi connectivity index (χ3v) is 6.59. The fraction of sp³-hybridized carbons (Fsp3) is 0.484. The van der Waals surface area contributed by atoms with Crippen molar-refractivity contribution in [2.75, 3.05) is 24.7 Å². The van der Waals surface area contributed by atoms with E-state index >= 15 is 0 Å². The molecule has 1 unspecified atom stereocenters. The van der Waals surface area contributed by atoms with Crippen molar-refractivity contribution in [3.05, 3.63) is 53.7 Å². The molecule has 3 N–H and O–H groups in total. The summed E-state index contributed by atoms with van der Waals surface area (Å²) in [5, 5.41) is 9.21. The number of carbonyl (C=O) groups is 5. The Morgan fingerprint density at radius 3 is 2.24 bits per heavy atom. The number of carbonyl (C=O) groups excluding carboxylic acids is 4. The van der Waals surface area contributed by atoms with Crippen molar-refractivity contribution in [1.82, 2.24) is 4.98 Å². The fourth-order valence-electron chi connectivity index (χ4n) is 4.02. The maximum atomic E-state index is 13.0. The maximum absolute atomic E-state index is 13.0. The lowest BCUT2D eigenvalue weighted by molar-refractivity contribution is -0.153. The number of ketones is 1. The van der Waals surface area contributed by atoms with Crippen LogP contribution in [-0.4, -0.2) is 69.0 Å². The minimum atomic E-state index is -1.82. The van der Waals surface area contributed by atoms with Crippen molar-refractivity contribution >= 4 is 70.4 Å². The van der Waals surface area contributed by atoms with Gasteiger partial charge in [0, 0.05) is 32.0 Å². The van der Waals surface area contributed by atoms with Gasteiger partial charge in [0.1, 0.15) is 23.7 Å². The summed E-state index contributed by atoms with van der Waals surface area (Å²) in [6.45, 7) is 6.46. The zero-order valence-corrected chi connectivity index (χ0v) is 28.3. The van der Waals surface area contributed by atoms with Gasteiger partial charge in [-0.3, -0.25) is 24.1 Å². The first-order chi connectivity index (χ1) is 21.3. The number of Topliss-reactive ketones (excluding diaryl/α,β-unsaturated/α-hetero) is 1. The Hall–Kier alpha value is -3.45. The van der Waals surface area contributed by atoms with Crippen LogP contribution in [0, 0.1) is 5.41 Å². The first kappa shape index (κ1) is 38.7. The van der Waals surface area contributed by atoms with E-state index in [1.807, 2.05) is 20.8 Å². The summed E-state index contributed by atoms with van der Waals surface area (Å²) in [5.74, 6) is -2.78. The topological polar surface area (TPSA) is 175 Å². The second-order valence-electron chi connectivity index (χ2n) is 11.8. The molecule has 1 aromatic heterocycles. The van der Waals surface area contributed by atoms with E-state index in [1.165, 1.54) is 36.2 Å². The van der Waals surface area contributed by atoms with E-state index in [4.69, 9.17) is 54.7 Å². The fourth-order valence-corrected chi connectivity index (χ4v) is 4.19. The number of nitrogens with zero attached hydrogens (tertiary/aromatic N) is 2. The van der Waals surface area contributed by atoms with E-state index in [9.17, 15) is 29.1 Å². The number of alkyl halides is 3. The normalized spacial score (nSPS) is 12.9. The number of amides is 1. The van der Waals surface area contributed by atoms with Crippen LogP contribution in [0.5, 0.6) is 5.75 Å². The van der Waals surface area contributed by atoms with Gasteiger partial charge in [0.25, 0.3) is 0 Å². The van der Waals surface area contributed by atoms with Crippen LogP contribution in [0.2, 0.25) is 0 Å². The largest absolute Gasteiger partial charge is 0.481 e. The van der Waals surface area contributed by atoms with Crippen molar-refractivity contribution < 1.29 is 43.3 Å². The number of aromatic nitrogens is 1. The van der Waals surface area contributed by atoms with Crippen LogP contribution < -0.4 is 15.4 Å². The third-order valence-electron chi connectivity index (χ3n) is 6.26. The molecule has 0 saturated carbocycles. The number of carboxylic acid groups (broad SMARTS) is 1. The predicted molar refractivity (Wildman–Crippen MR) is 172 cm³/mol. The lowest BCUT2D eigenvalue weighted by atomic mass is 9.86. The first-order valence-corrected chi connectivity index (χ1v) is 15.4. The molecule has 46 heavy (non-hydrogen) atoms. The molecule has 1 aromatic carbocycles. The molecular formula is C31H38Cl3N3O9. The number of esters is 2. The molecule has 2 rings (SSSR count). The molecule has 12 nitrogen and oxygen atoms in total. The van der Waals surface area contributed by atoms with Crippen LogP contribution in [0.4, 0.5) is 10.6 Å². The zero-order valence-electron chi connectivity index (χ0n) is 26.0. The highest BCUT2D eigenvalue weighted by Gasteiger charge is 2.37. The van der Waals surface area contributed by atoms with E-state index in [1.54, 1.807) is 18.2 Å². The van der Waals surface area contributed by atoms with Crippen LogP contribution in [0.15, 0.2) is 42.6 Å². The minimum absolute atomic E-state index is 0.00352. The lowest BCUT2D eigenvalue weighted by Gasteiger charge is -2.29. The van der Waals surface area contributed by atoms with E-state index in [2.05, 4.69) is 4.98 Å². The van der Waals surface area contributed by atoms with Gasteiger partial charge in [-0.15, -0.1) is 0 Å². The summed E-state index contributed by atoms with van der Waals surface area (Å²) in [7, 11) is 0. The number of hydrogen-bond donors (Lipinski definition) is 2. The van der Waals surface area contributed by atoms with Gasteiger partial charge in [-0.2, -0.15) is 0 Å². The number of ether oxygens (including phenoxy) is 3. The molecule has 1 heterocycles. The Morgan fingerprint density at radius 1 is 0.978 bits per heavy atom. The summed E-state index contributed by atoms with van der Waals surface area (Å²) in [4.78, 5) is 67.5. The van der Waals surface area contributed by atoms with Crippen molar-refractivity contribution in [3.8, 4) is 5.75 Å². The smallest absolute Gasteiger partial charge is 0.415 e. The van der Waals surface area contributed by atoms with E-state index in [-0.39, 0.29) is 67.8 Å². The number of benzene rings is 1. The molecule has 0 aliphatic carbocycles. The van der Waals surface area contributed by atoms with E-state index < -0.39 is 45.7 Å². The molecule has 0 aliphatic heterocycles. The number of anilines is 1. The molecule has 1 amide bonds. The maximum Gasteiger partial charge on any atom is 0.415 e. The van der Waals surface area contributed by atoms with Gasteiger partial charge in [-0.05, 0) is 55.0 Å². The number of carboxylic acids is 1. The van der Waals surface area contributed by atoms with Crippen molar-refractivity contribution in [2.45, 2.75) is 69.1 Å². The second-order valence-corrected chi connectivity index (χ2v) is 14.4. The quantitative estimate of drug-likeness (QED) is 0.101. The number of pyridine rings is 1. The van der Waals surface area contributed by atoms with Gasteiger partial charge in [0.15, 0.2) is 5.78 Å². The number of nitrogens with two attached hydrogens (primary N) is 1. The first-order valence-electron chi connectivity index (χ1n) is 14.2. The molecule has 0 radical (unpaired) electrons. The molecule has 0 aliphatic rings. The van der Waals surface area contributed by atoms with E-state index in [0.29, 0.717) is 5.56 Å². The Morgan fingerprint density at radius 2 is 1.67 bits per heavy atom. The second kappa shape index (κ2) is 16.9. The highest BCUT2D eigenvalue weighted by atomic mass is 35.6. The Bertz CT molecular complexity index is 1400. The predicted octanol–water partition coefficient (Wildman–Crippen LogP) is 5.68. The highest BCUT2D eigenvalue weighted by molar-refractivity contribution is 6.67. The third kappa shape index (κ3) is 13.5. The molecule has 0 bridgehead atoms.